The van der Waals surface area contributed by atoms with E-state index in [0.29, 0.717) is 17.2 Å². The number of carbonyl (C=O) groups excluding carboxylic acids is 1. The highest BCUT2D eigenvalue weighted by molar-refractivity contribution is 5.93. The molecule has 0 radical (unpaired) electrons. The molecule has 0 aliphatic heterocycles. The SMILES string of the molecule is COc1cc(OC)c(CNC(=O)/C=C/c2ccc3[nH]cc(CCN(C)C)c3c2)c(OC)c1. The highest BCUT2D eigenvalue weighted by atomic mass is 16.5. The summed E-state index contributed by atoms with van der Waals surface area (Å²) in [6.07, 6.45) is 6.38. The smallest absolute Gasteiger partial charge is 0.244 e. The Morgan fingerprint density at radius 2 is 1.78 bits per heavy atom. The van der Waals surface area contributed by atoms with Crippen LogP contribution in [0.15, 0.2) is 42.6 Å². The molecule has 2 aromatic carbocycles. The third kappa shape index (κ3) is 5.62. The van der Waals surface area contributed by atoms with Crippen molar-refractivity contribution in [1.82, 2.24) is 15.2 Å². The highest BCUT2D eigenvalue weighted by Crippen LogP contribution is 2.33. The van der Waals surface area contributed by atoms with E-state index in [2.05, 4.69) is 41.6 Å². The number of methoxy groups -OCH3 is 3. The molecular formula is C25H31N3O4. The van der Waals surface area contributed by atoms with Crippen LogP contribution < -0.4 is 19.5 Å². The molecule has 0 aliphatic rings. The van der Waals surface area contributed by atoms with Crippen molar-refractivity contribution in [1.29, 1.82) is 0 Å². The van der Waals surface area contributed by atoms with Crippen LogP contribution >= 0.6 is 0 Å². The molecule has 1 amide bonds. The summed E-state index contributed by atoms with van der Waals surface area (Å²) in [5.74, 6) is 1.60. The van der Waals surface area contributed by atoms with Gasteiger partial charge < -0.3 is 29.4 Å². The molecule has 32 heavy (non-hydrogen) atoms. The van der Waals surface area contributed by atoms with Gasteiger partial charge in [0.15, 0.2) is 0 Å². The van der Waals surface area contributed by atoms with Crippen molar-refractivity contribution >= 4 is 22.9 Å². The zero-order chi connectivity index (χ0) is 23.1. The van der Waals surface area contributed by atoms with E-state index in [-0.39, 0.29) is 12.5 Å². The number of nitrogens with one attached hydrogen (secondary N) is 2. The summed E-state index contributed by atoms with van der Waals surface area (Å²) in [6, 6.07) is 9.67. The number of likely N-dealkylation sites (N-methyl/N-ethyl adjacent to an activating group) is 1. The summed E-state index contributed by atoms with van der Waals surface area (Å²) in [5.41, 5.74) is 4.08. The minimum Gasteiger partial charge on any atom is -0.496 e. The van der Waals surface area contributed by atoms with Crippen LogP contribution in [0.5, 0.6) is 17.2 Å². The van der Waals surface area contributed by atoms with E-state index in [4.69, 9.17) is 14.2 Å². The summed E-state index contributed by atoms with van der Waals surface area (Å²) in [7, 11) is 8.86. The zero-order valence-electron chi connectivity index (χ0n) is 19.3. The molecule has 2 N–H and O–H groups in total. The van der Waals surface area contributed by atoms with Crippen molar-refractivity contribution in [2.24, 2.45) is 0 Å². The standard InChI is InChI=1S/C25H31N3O4/c1-28(2)11-10-18-15-26-22-8-6-17(12-20(18)22)7-9-25(29)27-16-21-23(31-4)13-19(30-3)14-24(21)32-5/h6-9,12-15,26H,10-11,16H2,1-5H3,(H,27,29)/b9-7+. The van der Waals surface area contributed by atoms with Crippen molar-refractivity contribution in [3.63, 3.8) is 0 Å². The van der Waals surface area contributed by atoms with E-state index in [9.17, 15) is 4.79 Å². The van der Waals surface area contributed by atoms with Crippen LogP contribution in [0.2, 0.25) is 0 Å². The fourth-order valence-corrected chi connectivity index (χ4v) is 3.51. The van der Waals surface area contributed by atoms with E-state index in [1.54, 1.807) is 33.5 Å². The molecule has 3 aromatic rings. The first-order valence-electron chi connectivity index (χ1n) is 10.4. The second-order valence-electron chi connectivity index (χ2n) is 7.73. The van der Waals surface area contributed by atoms with E-state index in [0.717, 1.165) is 29.6 Å². The van der Waals surface area contributed by atoms with Gasteiger partial charge in [-0.05, 0) is 49.9 Å². The minimum absolute atomic E-state index is 0.202. The van der Waals surface area contributed by atoms with Crippen molar-refractivity contribution in [3.05, 3.63) is 59.3 Å². The van der Waals surface area contributed by atoms with Crippen molar-refractivity contribution in [3.8, 4) is 17.2 Å². The number of hydrogen-bond donors (Lipinski definition) is 2. The topological polar surface area (TPSA) is 75.8 Å². The highest BCUT2D eigenvalue weighted by Gasteiger charge is 2.14. The summed E-state index contributed by atoms with van der Waals surface area (Å²) >= 11 is 0. The Morgan fingerprint density at radius 1 is 1.06 bits per heavy atom. The maximum Gasteiger partial charge on any atom is 0.244 e. The lowest BCUT2D eigenvalue weighted by Gasteiger charge is -2.15. The van der Waals surface area contributed by atoms with Gasteiger partial charge >= 0.3 is 0 Å². The Morgan fingerprint density at radius 3 is 2.41 bits per heavy atom. The lowest BCUT2D eigenvalue weighted by atomic mass is 10.1. The third-order valence-electron chi connectivity index (χ3n) is 5.30. The second-order valence-corrected chi connectivity index (χ2v) is 7.73. The van der Waals surface area contributed by atoms with Crippen molar-refractivity contribution in [2.75, 3.05) is 42.0 Å². The quantitative estimate of drug-likeness (QED) is 0.474. The molecule has 7 heteroatoms. The lowest BCUT2D eigenvalue weighted by Crippen LogP contribution is -2.21. The molecule has 0 atom stereocenters. The van der Waals surface area contributed by atoms with Crippen LogP contribution in [0, 0.1) is 0 Å². The molecule has 0 saturated heterocycles. The van der Waals surface area contributed by atoms with Crippen LogP contribution in [0.25, 0.3) is 17.0 Å². The second kappa shape index (κ2) is 10.7. The summed E-state index contributed by atoms with van der Waals surface area (Å²) in [4.78, 5) is 17.9. The van der Waals surface area contributed by atoms with E-state index >= 15 is 0 Å². The Bertz CT molecular complexity index is 1080. The first kappa shape index (κ1) is 23.2. The van der Waals surface area contributed by atoms with Gasteiger partial charge in [-0.3, -0.25) is 4.79 Å². The Kier molecular flexibility index (Phi) is 7.78. The number of carbonyl (C=O) groups is 1. The van der Waals surface area contributed by atoms with E-state index < -0.39 is 0 Å². The molecule has 0 unspecified atom stereocenters. The molecule has 0 saturated carbocycles. The number of benzene rings is 2. The fourth-order valence-electron chi connectivity index (χ4n) is 3.51. The van der Waals surface area contributed by atoms with E-state index in [1.807, 2.05) is 18.2 Å². The molecule has 1 heterocycles. The summed E-state index contributed by atoms with van der Waals surface area (Å²) in [6.45, 7) is 1.25. The number of rotatable bonds is 10. The zero-order valence-corrected chi connectivity index (χ0v) is 19.3. The predicted molar refractivity (Wildman–Crippen MR) is 128 cm³/mol. The Balaban J connectivity index is 1.69. The third-order valence-corrected chi connectivity index (χ3v) is 5.30. The van der Waals surface area contributed by atoms with Gasteiger partial charge in [-0.1, -0.05) is 6.07 Å². The largest absolute Gasteiger partial charge is 0.496 e. The average Bonchev–Trinajstić information content (AvgIpc) is 3.21. The number of ether oxygens (including phenoxy) is 3. The van der Waals surface area contributed by atoms with Crippen LogP contribution in [0.4, 0.5) is 0 Å². The van der Waals surface area contributed by atoms with Crippen LogP contribution in [0.1, 0.15) is 16.7 Å². The molecular weight excluding hydrogens is 406 g/mol. The molecule has 170 valence electrons. The van der Waals surface area contributed by atoms with Gasteiger partial charge in [-0.2, -0.15) is 0 Å². The number of H-pyrrole nitrogens is 1. The van der Waals surface area contributed by atoms with Crippen molar-refractivity contribution < 1.29 is 19.0 Å². The van der Waals surface area contributed by atoms with Gasteiger partial charge in [0, 0.05) is 41.9 Å². The summed E-state index contributed by atoms with van der Waals surface area (Å²) in [5, 5.41) is 4.08. The molecule has 0 fully saturated rings. The molecule has 0 spiro atoms. The van der Waals surface area contributed by atoms with Gasteiger partial charge in [-0.15, -0.1) is 0 Å². The van der Waals surface area contributed by atoms with E-state index in [1.165, 1.54) is 17.0 Å². The van der Waals surface area contributed by atoms with Gasteiger partial charge in [0.05, 0.1) is 33.4 Å². The number of fused-ring (bicyclic) bond motifs is 1. The monoisotopic (exact) mass is 437 g/mol. The normalized spacial score (nSPS) is 11.3. The van der Waals surface area contributed by atoms with Gasteiger partial charge in [0.1, 0.15) is 17.2 Å². The number of aromatic nitrogens is 1. The number of amides is 1. The molecule has 7 nitrogen and oxygen atoms in total. The van der Waals surface area contributed by atoms with Gasteiger partial charge in [0.25, 0.3) is 0 Å². The van der Waals surface area contributed by atoms with Gasteiger partial charge in [-0.25, -0.2) is 0 Å². The first-order chi connectivity index (χ1) is 15.4. The molecule has 3 rings (SSSR count). The number of nitrogens with zero attached hydrogens (tertiary/aromatic N) is 1. The Hall–Kier alpha value is -3.45. The average molecular weight is 438 g/mol. The fraction of sp³-hybridized carbons (Fsp3) is 0.320. The van der Waals surface area contributed by atoms with Crippen LogP contribution in [0.3, 0.4) is 0 Å². The number of aromatic amines is 1. The molecule has 1 aromatic heterocycles. The first-order valence-corrected chi connectivity index (χ1v) is 10.4. The maximum atomic E-state index is 12.5. The van der Waals surface area contributed by atoms with Gasteiger partial charge in [0.2, 0.25) is 5.91 Å². The maximum absolute atomic E-state index is 12.5. The van der Waals surface area contributed by atoms with Crippen LogP contribution in [-0.4, -0.2) is 57.8 Å². The minimum atomic E-state index is -0.202. The number of hydrogen-bond acceptors (Lipinski definition) is 5. The molecule has 0 aliphatic carbocycles. The predicted octanol–water partition coefficient (Wildman–Crippen LogP) is 3.63. The van der Waals surface area contributed by atoms with Crippen LogP contribution in [-0.2, 0) is 17.8 Å². The van der Waals surface area contributed by atoms with Crippen molar-refractivity contribution in [2.45, 2.75) is 13.0 Å². The molecule has 0 bridgehead atoms. The lowest BCUT2D eigenvalue weighted by molar-refractivity contribution is -0.116. The summed E-state index contributed by atoms with van der Waals surface area (Å²) < 4.78 is 16.1. The Labute approximate surface area is 189 Å².